The van der Waals surface area contributed by atoms with Crippen LogP contribution in [0.5, 0.6) is 5.75 Å². The normalized spacial score (nSPS) is 15.9. The molecule has 0 aliphatic carbocycles. The van der Waals surface area contributed by atoms with E-state index in [-0.39, 0.29) is 5.82 Å². The predicted molar refractivity (Wildman–Crippen MR) is 105 cm³/mol. The number of nitrogens with zero attached hydrogens (tertiary/aromatic N) is 2. The van der Waals surface area contributed by atoms with E-state index in [9.17, 15) is 9.65 Å². The molecule has 0 bridgehead atoms. The summed E-state index contributed by atoms with van der Waals surface area (Å²) in [6.07, 6.45) is 4.20. The van der Waals surface area contributed by atoms with Gasteiger partial charge >= 0.3 is 0 Å². The molecule has 1 heterocycles. The highest BCUT2D eigenvalue weighted by Crippen LogP contribution is 2.24. The zero-order chi connectivity index (χ0) is 19.7. The maximum atomic E-state index is 13.4. The number of nitrogens with two attached hydrogens (primary N) is 1. The van der Waals surface area contributed by atoms with E-state index >= 15 is 0 Å². The van der Waals surface area contributed by atoms with Gasteiger partial charge in [-0.25, -0.2) is 4.39 Å². The molecule has 0 aromatic heterocycles. The van der Waals surface area contributed by atoms with Gasteiger partial charge in [0, 0.05) is 18.7 Å². The predicted octanol–water partition coefficient (Wildman–Crippen LogP) is 4.26. The lowest BCUT2D eigenvalue weighted by molar-refractivity contribution is 0.349. The van der Waals surface area contributed by atoms with Gasteiger partial charge in [-0.1, -0.05) is 19.4 Å². The number of halogens is 1. The summed E-state index contributed by atoms with van der Waals surface area (Å²) in [5.41, 5.74) is 9.84. The van der Waals surface area contributed by atoms with Crippen LogP contribution < -0.4 is 10.5 Å². The van der Waals surface area contributed by atoms with Gasteiger partial charge in [0.15, 0.2) is 0 Å². The molecule has 0 saturated carbocycles. The Balaban J connectivity index is 0.00000163. The highest BCUT2D eigenvalue weighted by atomic mass is 19.1. The molecule has 4 nitrogen and oxygen atoms in total. The first-order chi connectivity index (χ1) is 12.5. The zero-order valence-electron chi connectivity index (χ0n) is 16.3. The van der Waals surface area contributed by atoms with Crippen LogP contribution >= 0.6 is 0 Å². The van der Waals surface area contributed by atoms with Gasteiger partial charge in [0.1, 0.15) is 17.6 Å². The van der Waals surface area contributed by atoms with Crippen molar-refractivity contribution in [3.8, 4) is 11.8 Å². The molecule has 0 atom stereocenters. The van der Waals surface area contributed by atoms with E-state index in [4.69, 9.17) is 10.5 Å². The molecule has 0 unspecified atom stereocenters. The summed E-state index contributed by atoms with van der Waals surface area (Å²) in [5.74, 6) is 0.176. The SMILES string of the molecule is CC.COc1ccc(F)cc1/C=C/C(C#N)=C(/N)C1=C(C)CCN(C)C1. The molecule has 26 heavy (non-hydrogen) atoms. The Morgan fingerprint density at radius 2 is 2.08 bits per heavy atom. The van der Waals surface area contributed by atoms with Crippen LogP contribution in [0.15, 0.2) is 46.7 Å². The van der Waals surface area contributed by atoms with Crippen molar-refractivity contribution < 1.29 is 9.13 Å². The van der Waals surface area contributed by atoms with Crippen LogP contribution in [-0.4, -0.2) is 32.1 Å². The summed E-state index contributed by atoms with van der Waals surface area (Å²) < 4.78 is 18.6. The number of allylic oxidation sites excluding steroid dienone is 2. The second-order valence-corrected chi connectivity index (χ2v) is 5.91. The van der Waals surface area contributed by atoms with Gasteiger partial charge in [-0.05, 0) is 56.3 Å². The minimum Gasteiger partial charge on any atom is -0.496 e. The topological polar surface area (TPSA) is 62.3 Å². The summed E-state index contributed by atoms with van der Waals surface area (Å²) in [4.78, 5) is 2.17. The Morgan fingerprint density at radius 1 is 1.38 bits per heavy atom. The summed E-state index contributed by atoms with van der Waals surface area (Å²) >= 11 is 0. The standard InChI is InChI=1S/C19H22FN3O.C2H6/c1-13-8-9-23(2)12-17(13)19(22)15(11-21)5-4-14-10-16(20)6-7-18(14)24-3;1-2/h4-7,10H,8-9,12,22H2,1-3H3;1-2H3/b5-4+,19-15-;. The second kappa shape index (κ2) is 10.4. The van der Waals surface area contributed by atoms with E-state index in [2.05, 4.69) is 11.0 Å². The molecule has 1 aromatic rings. The van der Waals surface area contributed by atoms with E-state index in [1.165, 1.54) is 24.8 Å². The Kier molecular flexibility index (Phi) is 8.60. The Labute approximate surface area is 156 Å². The number of methoxy groups -OCH3 is 1. The summed E-state index contributed by atoms with van der Waals surface area (Å²) in [6, 6.07) is 6.38. The van der Waals surface area contributed by atoms with E-state index in [0.717, 1.165) is 25.1 Å². The molecule has 0 spiro atoms. The van der Waals surface area contributed by atoms with Gasteiger partial charge in [-0.3, -0.25) is 0 Å². The number of hydrogen-bond donors (Lipinski definition) is 1. The highest BCUT2D eigenvalue weighted by molar-refractivity contribution is 5.63. The van der Waals surface area contributed by atoms with Crippen molar-refractivity contribution in [1.29, 1.82) is 5.26 Å². The number of rotatable bonds is 4. The smallest absolute Gasteiger partial charge is 0.126 e. The molecular formula is C21H28FN3O. The van der Waals surface area contributed by atoms with Crippen LogP contribution in [0.1, 0.15) is 32.8 Å². The third-order valence-electron chi connectivity index (χ3n) is 4.17. The van der Waals surface area contributed by atoms with Gasteiger partial charge in [-0.15, -0.1) is 0 Å². The molecule has 1 aliphatic heterocycles. The first-order valence-electron chi connectivity index (χ1n) is 8.75. The van der Waals surface area contributed by atoms with Crippen LogP contribution in [0.25, 0.3) is 6.08 Å². The maximum Gasteiger partial charge on any atom is 0.126 e. The number of likely N-dealkylation sites (N-methyl/N-ethyl adjacent to an activating group) is 1. The molecule has 2 rings (SSSR count). The van der Waals surface area contributed by atoms with E-state index in [0.29, 0.717) is 22.6 Å². The van der Waals surface area contributed by atoms with Gasteiger partial charge in [-0.2, -0.15) is 5.26 Å². The van der Waals surface area contributed by atoms with Crippen LogP contribution in [-0.2, 0) is 0 Å². The van der Waals surface area contributed by atoms with Gasteiger partial charge in [0.2, 0.25) is 0 Å². The van der Waals surface area contributed by atoms with Crippen molar-refractivity contribution in [3.63, 3.8) is 0 Å². The van der Waals surface area contributed by atoms with Crippen molar-refractivity contribution in [2.24, 2.45) is 5.73 Å². The lowest BCUT2D eigenvalue weighted by Gasteiger charge is -2.26. The number of benzene rings is 1. The molecule has 140 valence electrons. The first kappa shape index (κ1) is 21.5. The van der Waals surface area contributed by atoms with Crippen LogP contribution in [0.3, 0.4) is 0 Å². The Morgan fingerprint density at radius 3 is 2.69 bits per heavy atom. The number of nitriles is 1. The molecule has 0 fully saturated rings. The first-order valence-corrected chi connectivity index (χ1v) is 8.75. The van der Waals surface area contributed by atoms with Gasteiger partial charge in [0.25, 0.3) is 0 Å². The molecular weight excluding hydrogens is 329 g/mol. The molecule has 0 amide bonds. The lowest BCUT2D eigenvalue weighted by Crippen LogP contribution is -2.29. The second-order valence-electron chi connectivity index (χ2n) is 5.91. The monoisotopic (exact) mass is 357 g/mol. The maximum absolute atomic E-state index is 13.4. The zero-order valence-corrected chi connectivity index (χ0v) is 16.3. The highest BCUT2D eigenvalue weighted by Gasteiger charge is 2.17. The number of hydrogen-bond acceptors (Lipinski definition) is 4. The third-order valence-corrected chi connectivity index (χ3v) is 4.17. The Hall–Kier alpha value is -2.58. The molecule has 0 saturated heterocycles. The molecule has 1 aliphatic rings. The molecule has 0 radical (unpaired) electrons. The summed E-state index contributed by atoms with van der Waals surface area (Å²) in [6.45, 7) is 7.75. The average molecular weight is 357 g/mol. The van der Waals surface area contributed by atoms with Crippen molar-refractivity contribution >= 4 is 6.08 Å². The Bertz CT molecular complexity index is 757. The fraction of sp³-hybridized carbons (Fsp3) is 0.381. The lowest BCUT2D eigenvalue weighted by atomic mass is 9.96. The van der Waals surface area contributed by atoms with Crippen molar-refractivity contribution in [2.45, 2.75) is 27.2 Å². The van der Waals surface area contributed by atoms with E-state index < -0.39 is 0 Å². The fourth-order valence-corrected chi connectivity index (χ4v) is 2.67. The minimum atomic E-state index is -0.363. The quantitative estimate of drug-likeness (QED) is 0.646. The van der Waals surface area contributed by atoms with E-state index in [1.807, 2.05) is 27.8 Å². The largest absolute Gasteiger partial charge is 0.496 e. The summed E-state index contributed by atoms with van der Waals surface area (Å²) in [7, 11) is 3.55. The van der Waals surface area contributed by atoms with Crippen LogP contribution in [0, 0.1) is 17.1 Å². The fourth-order valence-electron chi connectivity index (χ4n) is 2.67. The molecule has 5 heteroatoms. The van der Waals surface area contributed by atoms with Gasteiger partial charge in [0.05, 0.1) is 18.4 Å². The van der Waals surface area contributed by atoms with Crippen LogP contribution in [0.2, 0.25) is 0 Å². The third kappa shape index (κ3) is 5.47. The molecule has 1 aromatic carbocycles. The summed E-state index contributed by atoms with van der Waals surface area (Å²) in [5, 5.41) is 9.46. The van der Waals surface area contributed by atoms with Crippen molar-refractivity contribution in [1.82, 2.24) is 4.90 Å². The average Bonchev–Trinajstić information content (AvgIpc) is 2.65. The van der Waals surface area contributed by atoms with Gasteiger partial charge < -0.3 is 15.4 Å². The van der Waals surface area contributed by atoms with Crippen molar-refractivity contribution in [2.75, 3.05) is 27.2 Å². The number of ether oxygens (including phenoxy) is 1. The minimum absolute atomic E-state index is 0.363. The van der Waals surface area contributed by atoms with Crippen molar-refractivity contribution in [3.05, 3.63) is 58.1 Å². The molecule has 2 N–H and O–H groups in total. The van der Waals surface area contributed by atoms with Crippen LogP contribution in [0.4, 0.5) is 4.39 Å². The van der Waals surface area contributed by atoms with E-state index in [1.54, 1.807) is 18.2 Å².